The van der Waals surface area contributed by atoms with E-state index >= 15 is 0 Å². The van der Waals surface area contributed by atoms with Crippen molar-refractivity contribution in [2.24, 2.45) is 5.92 Å². The molecule has 0 aliphatic carbocycles. The Kier molecular flexibility index (Phi) is 5.98. The van der Waals surface area contributed by atoms with Gasteiger partial charge in [-0.2, -0.15) is 5.10 Å². The minimum atomic E-state index is -4.93. The summed E-state index contributed by atoms with van der Waals surface area (Å²) < 4.78 is 38.0. The molecular weight excluding hydrogens is 219 g/mol. The van der Waals surface area contributed by atoms with E-state index in [4.69, 9.17) is 0 Å². The third kappa shape index (κ3) is 4.06. The van der Waals surface area contributed by atoms with Crippen LogP contribution in [0.1, 0.15) is 13.8 Å². The Morgan fingerprint density at radius 3 is 2.43 bits per heavy atom. The summed E-state index contributed by atoms with van der Waals surface area (Å²) >= 11 is 0. The molecule has 0 amide bonds. The molecule has 1 aromatic rings. The van der Waals surface area contributed by atoms with Crippen molar-refractivity contribution in [1.29, 1.82) is 0 Å². The van der Waals surface area contributed by atoms with Crippen LogP contribution >= 0.6 is 0 Å². The number of aromatic nitrogens is 2. The van der Waals surface area contributed by atoms with E-state index in [9.17, 15) is 12.9 Å². The summed E-state index contributed by atoms with van der Waals surface area (Å²) in [4.78, 5) is 0. The third-order valence-electron chi connectivity index (χ3n) is 1.62. The van der Waals surface area contributed by atoms with Crippen molar-refractivity contribution in [3.8, 4) is 0 Å². The van der Waals surface area contributed by atoms with Crippen molar-refractivity contribution in [3.63, 3.8) is 0 Å². The van der Waals surface area contributed by atoms with E-state index in [-0.39, 0.29) is 57.3 Å². The first-order valence-corrected chi connectivity index (χ1v) is 4.13. The molecule has 1 heterocycles. The van der Waals surface area contributed by atoms with Crippen LogP contribution in [-0.4, -0.2) is 16.8 Å². The molecule has 0 fully saturated rings. The summed E-state index contributed by atoms with van der Waals surface area (Å²) in [7, 11) is 0. The SMILES string of the molecule is CC(C)Cn1nccc1[B-](F)(F)F.[K+]. The fraction of sp³-hybridized carbons (Fsp3) is 0.571. The van der Waals surface area contributed by atoms with Gasteiger partial charge < -0.3 is 12.9 Å². The maximum atomic E-state index is 12.3. The monoisotopic (exact) mass is 230 g/mol. The van der Waals surface area contributed by atoms with Gasteiger partial charge >= 0.3 is 58.4 Å². The molecule has 2 nitrogen and oxygen atoms in total. The van der Waals surface area contributed by atoms with Gasteiger partial charge in [0.05, 0.1) is 0 Å². The Balaban J connectivity index is 0.00000169. The minimum absolute atomic E-state index is 0. The van der Waals surface area contributed by atoms with Gasteiger partial charge in [0.25, 0.3) is 0 Å². The summed E-state index contributed by atoms with van der Waals surface area (Å²) in [6.45, 7) is -0.905. The topological polar surface area (TPSA) is 17.8 Å². The van der Waals surface area contributed by atoms with Crippen molar-refractivity contribution in [2.75, 3.05) is 0 Å². The van der Waals surface area contributed by atoms with Gasteiger partial charge in [0, 0.05) is 12.7 Å². The second kappa shape index (κ2) is 5.69. The molecule has 0 bridgehead atoms. The van der Waals surface area contributed by atoms with Crippen LogP contribution in [0.4, 0.5) is 12.9 Å². The van der Waals surface area contributed by atoms with Crippen molar-refractivity contribution in [3.05, 3.63) is 12.3 Å². The molecule has 1 aromatic heterocycles. The number of hydrogen-bond donors (Lipinski definition) is 0. The Morgan fingerprint density at radius 2 is 2.00 bits per heavy atom. The standard InChI is InChI=1S/C7H11BF3N2.K/c1-6(2)5-13-7(3-4-12-13)8(9,10)11;/h3-4,6H,5H2,1-2H3;/q-1;+1. The molecule has 0 aromatic carbocycles. The van der Waals surface area contributed by atoms with E-state index in [1.165, 1.54) is 6.20 Å². The van der Waals surface area contributed by atoms with Gasteiger partial charge in [0.15, 0.2) is 0 Å². The average Bonchev–Trinajstić information content (AvgIpc) is 2.31. The summed E-state index contributed by atoms with van der Waals surface area (Å²) in [6.07, 6.45) is 1.19. The predicted molar refractivity (Wildman–Crippen MR) is 45.8 cm³/mol. The molecule has 0 saturated heterocycles. The number of halogens is 3. The first-order chi connectivity index (χ1) is 5.91. The van der Waals surface area contributed by atoms with Gasteiger partial charge in [-0.1, -0.05) is 19.9 Å². The maximum Gasteiger partial charge on any atom is 1.00 e. The number of rotatable bonds is 3. The van der Waals surface area contributed by atoms with E-state index in [1.807, 2.05) is 13.8 Å². The summed E-state index contributed by atoms with van der Waals surface area (Å²) in [6, 6.07) is 1.02. The zero-order valence-electron chi connectivity index (χ0n) is 8.54. The molecule has 0 saturated carbocycles. The quantitative estimate of drug-likeness (QED) is 0.584. The number of nitrogens with zero attached hydrogens (tertiary/aromatic N) is 2. The smallest absolute Gasteiger partial charge is 0.444 e. The second-order valence-corrected chi connectivity index (χ2v) is 3.41. The predicted octanol–water partition coefficient (Wildman–Crippen LogP) is -1.40. The van der Waals surface area contributed by atoms with Crippen LogP contribution in [0.3, 0.4) is 0 Å². The molecule has 0 radical (unpaired) electrons. The molecule has 0 N–H and O–H groups in total. The molecule has 0 unspecified atom stereocenters. The van der Waals surface area contributed by atoms with Gasteiger partial charge in [0.1, 0.15) is 0 Å². The molecule has 1 rings (SSSR count). The largest absolute Gasteiger partial charge is 1.00 e. The van der Waals surface area contributed by atoms with Crippen LogP contribution in [0, 0.1) is 5.92 Å². The maximum absolute atomic E-state index is 12.3. The van der Waals surface area contributed by atoms with Gasteiger partial charge in [-0.25, -0.2) is 0 Å². The van der Waals surface area contributed by atoms with Crippen LogP contribution in [0.25, 0.3) is 0 Å². The second-order valence-electron chi connectivity index (χ2n) is 3.41. The van der Waals surface area contributed by atoms with E-state index in [0.717, 1.165) is 10.7 Å². The van der Waals surface area contributed by atoms with Crippen molar-refractivity contribution in [2.45, 2.75) is 20.4 Å². The average molecular weight is 230 g/mol. The van der Waals surface area contributed by atoms with Crippen LogP contribution in [0.5, 0.6) is 0 Å². The zero-order valence-corrected chi connectivity index (χ0v) is 11.7. The molecule has 0 spiro atoms. The van der Waals surface area contributed by atoms with Crippen LogP contribution in [0.15, 0.2) is 12.3 Å². The molecule has 14 heavy (non-hydrogen) atoms. The Morgan fingerprint density at radius 1 is 1.43 bits per heavy atom. The van der Waals surface area contributed by atoms with E-state index in [0.29, 0.717) is 6.54 Å². The van der Waals surface area contributed by atoms with E-state index in [2.05, 4.69) is 5.10 Å². The van der Waals surface area contributed by atoms with Crippen LogP contribution in [0.2, 0.25) is 0 Å². The molecule has 7 heteroatoms. The van der Waals surface area contributed by atoms with E-state index < -0.39 is 12.6 Å². The van der Waals surface area contributed by atoms with Crippen molar-refractivity contribution in [1.82, 2.24) is 9.78 Å². The molecule has 0 aliphatic heterocycles. The van der Waals surface area contributed by atoms with Crippen LogP contribution < -0.4 is 57.0 Å². The zero-order chi connectivity index (χ0) is 10.1. The Hall–Kier alpha value is 0.701. The Bertz CT molecular complexity index is 285. The van der Waals surface area contributed by atoms with Gasteiger partial charge in [0.2, 0.25) is 0 Å². The molecule has 0 atom stereocenters. The van der Waals surface area contributed by atoms with Gasteiger partial charge in [-0.15, -0.1) is 0 Å². The van der Waals surface area contributed by atoms with Crippen molar-refractivity contribution >= 4 is 12.6 Å². The van der Waals surface area contributed by atoms with Gasteiger partial charge in [-0.05, 0) is 11.5 Å². The summed E-state index contributed by atoms with van der Waals surface area (Å²) in [5.74, 6) is 0.164. The molecule has 0 aliphatic rings. The van der Waals surface area contributed by atoms with Gasteiger partial charge in [-0.3, -0.25) is 4.68 Å². The first kappa shape index (κ1) is 14.7. The normalized spacial score (nSPS) is 11.6. The Labute approximate surface area is 124 Å². The molecular formula is C7H11BF3KN2. The fourth-order valence-electron chi connectivity index (χ4n) is 1.12. The third-order valence-corrected chi connectivity index (χ3v) is 1.62. The minimum Gasteiger partial charge on any atom is -0.444 e. The van der Waals surface area contributed by atoms with Crippen molar-refractivity contribution < 1.29 is 64.3 Å². The summed E-state index contributed by atoms with van der Waals surface area (Å²) in [5, 5.41) is 3.64. The first-order valence-electron chi connectivity index (χ1n) is 4.13. The number of hydrogen-bond acceptors (Lipinski definition) is 1. The van der Waals surface area contributed by atoms with E-state index in [1.54, 1.807) is 0 Å². The summed E-state index contributed by atoms with van der Waals surface area (Å²) in [5.41, 5.74) is -0.617. The fourth-order valence-corrected chi connectivity index (χ4v) is 1.12. The van der Waals surface area contributed by atoms with Crippen LogP contribution in [-0.2, 0) is 6.54 Å². The molecule has 74 valence electrons.